The van der Waals surface area contributed by atoms with Gasteiger partial charge in [0.2, 0.25) is 5.55 Å². The maximum atomic E-state index is 13.0. The zero-order chi connectivity index (χ0) is 21.1. The van der Waals surface area contributed by atoms with Gasteiger partial charge in [-0.3, -0.25) is 4.79 Å². The first kappa shape index (κ1) is 19.8. The number of carbonyl (C=O) groups excluding carboxylic acids is 1. The lowest BCUT2D eigenvalue weighted by Gasteiger charge is -2.07. The van der Waals surface area contributed by atoms with Crippen molar-refractivity contribution in [2.45, 2.75) is 6.92 Å². The molecule has 2 heterocycles. The molecule has 4 aromatic rings. The Hall–Kier alpha value is -3.45. The summed E-state index contributed by atoms with van der Waals surface area (Å²) in [5.74, 6) is 0.817. The van der Waals surface area contributed by atoms with E-state index < -0.39 is 0 Å². The Labute approximate surface area is 181 Å². The fourth-order valence-electron chi connectivity index (χ4n) is 2.85. The number of nitrogens with one attached hydrogen (secondary N) is 1. The normalized spacial score (nSPS) is 11.5. The number of fused-ring (bicyclic) bond motifs is 1. The van der Waals surface area contributed by atoms with Gasteiger partial charge in [-0.1, -0.05) is 22.0 Å². The lowest BCUT2D eigenvalue weighted by atomic mass is 10.1. The minimum absolute atomic E-state index is 0.208. The molecule has 6 nitrogen and oxygen atoms in total. The number of carbonyl (C=O) groups is 1. The van der Waals surface area contributed by atoms with Gasteiger partial charge in [-0.25, -0.2) is 9.98 Å². The highest BCUT2D eigenvalue weighted by Gasteiger charge is 2.14. The Bertz CT molecular complexity index is 1280. The zero-order valence-corrected chi connectivity index (χ0v) is 17.9. The summed E-state index contributed by atoms with van der Waals surface area (Å²) in [6, 6.07) is 18.2. The van der Waals surface area contributed by atoms with E-state index >= 15 is 0 Å². The molecule has 1 N–H and O–H groups in total. The SMILES string of the molecule is COc1ccc(N=c2oc3ccc(Br)cc3cc2C(=O)Nc2ccc(C)cn2)cc1. The second-order valence-electron chi connectivity index (χ2n) is 6.63. The number of pyridine rings is 1. The van der Waals surface area contributed by atoms with E-state index in [-0.39, 0.29) is 11.5 Å². The van der Waals surface area contributed by atoms with Crippen molar-refractivity contribution in [2.75, 3.05) is 12.4 Å². The number of benzene rings is 2. The van der Waals surface area contributed by atoms with Crippen LogP contribution in [0.4, 0.5) is 11.5 Å². The molecule has 150 valence electrons. The summed E-state index contributed by atoms with van der Waals surface area (Å²) < 4.78 is 12.1. The van der Waals surface area contributed by atoms with Crippen molar-refractivity contribution in [3.63, 3.8) is 0 Å². The number of rotatable bonds is 4. The van der Waals surface area contributed by atoms with E-state index in [0.29, 0.717) is 22.7 Å². The van der Waals surface area contributed by atoms with Crippen molar-refractivity contribution in [1.82, 2.24) is 4.98 Å². The van der Waals surface area contributed by atoms with Gasteiger partial charge in [0.25, 0.3) is 5.91 Å². The molecule has 2 aromatic heterocycles. The van der Waals surface area contributed by atoms with Crippen LogP contribution >= 0.6 is 15.9 Å². The number of aromatic nitrogens is 1. The Kier molecular flexibility index (Phi) is 5.63. The number of halogens is 1. The topological polar surface area (TPSA) is 76.7 Å². The highest BCUT2D eigenvalue weighted by Crippen LogP contribution is 2.21. The Morgan fingerprint density at radius 3 is 2.60 bits per heavy atom. The summed E-state index contributed by atoms with van der Waals surface area (Å²) in [5.41, 5.74) is 2.78. The van der Waals surface area contributed by atoms with Gasteiger partial charge >= 0.3 is 0 Å². The molecule has 7 heteroatoms. The van der Waals surface area contributed by atoms with Crippen LogP contribution in [-0.4, -0.2) is 18.0 Å². The van der Waals surface area contributed by atoms with Crippen LogP contribution in [0, 0.1) is 6.92 Å². The lowest BCUT2D eigenvalue weighted by Crippen LogP contribution is -2.22. The van der Waals surface area contributed by atoms with Crippen molar-refractivity contribution in [1.29, 1.82) is 0 Å². The molecule has 0 aliphatic heterocycles. The number of anilines is 1. The monoisotopic (exact) mass is 463 g/mol. The molecule has 0 unspecified atom stereocenters. The van der Waals surface area contributed by atoms with E-state index in [2.05, 4.69) is 31.2 Å². The van der Waals surface area contributed by atoms with Crippen LogP contribution in [0.3, 0.4) is 0 Å². The summed E-state index contributed by atoms with van der Waals surface area (Å²) in [5, 5.41) is 3.59. The lowest BCUT2D eigenvalue weighted by molar-refractivity contribution is 0.102. The first-order valence-electron chi connectivity index (χ1n) is 9.18. The van der Waals surface area contributed by atoms with Crippen LogP contribution < -0.4 is 15.6 Å². The van der Waals surface area contributed by atoms with Gasteiger partial charge in [0.15, 0.2) is 0 Å². The molecule has 30 heavy (non-hydrogen) atoms. The van der Waals surface area contributed by atoms with Crippen LogP contribution in [0.5, 0.6) is 5.75 Å². The fraction of sp³-hybridized carbons (Fsp3) is 0.0870. The minimum atomic E-state index is -0.357. The summed E-state index contributed by atoms with van der Waals surface area (Å²) >= 11 is 3.45. The molecular formula is C23H18BrN3O3. The molecular weight excluding hydrogens is 446 g/mol. The highest BCUT2D eigenvalue weighted by molar-refractivity contribution is 9.10. The molecule has 4 rings (SSSR count). The smallest absolute Gasteiger partial charge is 0.262 e. The standard InChI is InChI=1S/C23H18BrN3O3/c1-14-3-10-21(25-13-14)27-22(28)19-12-15-11-16(24)4-9-20(15)30-23(19)26-17-5-7-18(29-2)8-6-17/h3-13H,1-2H3,(H,25,27,28). The average Bonchev–Trinajstić information content (AvgIpc) is 2.75. The first-order chi connectivity index (χ1) is 14.5. The summed E-state index contributed by atoms with van der Waals surface area (Å²) in [7, 11) is 1.60. The summed E-state index contributed by atoms with van der Waals surface area (Å²) in [6.07, 6.45) is 1.69. The minimum Gasteiger partial charge on any atom is -0.497 e. The van der Waals surface area contributed by atoms with Crippen LogP contribution in [-0.2, 0) is 0 Å². The highest BCUT2D eigenvalue weighted by atomic mass is 79.9. The maximum Gasteiger partial charge on any atom is 0.262 e. The quantitative estimate of drug-likeness (QED) is 0.439. The van der Waals surface area contributed by atoms with Gasteiger partial charge in [0, 0.05) is 16.1 Å². The molecule has 0 atom stereocenters. The van der Waals surface area contributed by atoms with E-state index in [1.807, 2.05) is 31.2 Å². The van der Waals surface area contributed by atoms with Crippen molar-refractivity contribution in [2.24, 2.45) is 4.99 Å². The van der Waals surface area contributed by atoms with Crippen LogP contribution in [0.15, 0.2) is 80.7 Å². The molecule has 1 amide bonds. The van der Waals surface area contributed by atoms with E-state index in [1.165, 1.54) is 0 Å². The number of hydrogen-bond acceptors (Lipinski definition) is 5. The maximum absolute atomic E-state index is 13.0. The predicted molar refractivity (Wildman–Crippen MR) is 119 cm³/mol. The molecule has 0 fully saturated rings. The van der Waals surface area contributed by atoms with E-state index in [4.69, 9.17) is 9.15 Å². The van der Waals surface area contributed by atoms with Gasteiger partial charge in [0.05, 0.1) is 12.8 Å². The number of hydrogen-bond donors (Lipinski definition) is 1. The number of methoxy groups -OCH3 is 1. The van der Waals surface area contributed by atoms with Crippen molar-refractivity contribution in [3.8, 4) is 5.75 Å². The average molecular weight is 464 g/mol. The molecule has 0 aliphatic carbocycles. The van der Waals surface area contributed by atoms with Crippen LogP contribution in [0.25, 0.3) is 11.0 Å². The van der Waals surface area contributed by atoms with E-state index in [9.17, 15) is 4.79 Å². The number of aryl methyl sites for hydroxylation is 1. The van der Waals surface area contributed by atoms with E-state index in [1.54, 1.807) is 49.7 Å². The molecule has 0 saturated carbocycles. The third kappa shape index (κ3) is 4.41. The third-order valence-electron chi connectivity index (χ3n) is 4.41. The summed E-state index contributed by atoms with van der Waals surface area (Å²) in [6.45, 7) is 1.94. The summed E-state index contributed by atoms with van der Waals surface area (Å²) in [4.78, 5) is 21.8. The largest absolute Gasteiger partial charge is 0.497 e. The molecule has 0 radical (unpaired) electrons. The first-order valence-corrected chi connectivity index (χ1v) is 9.97. The van der Waals surface area contributed by atoms with Gasteiger partial charge < -0.3 is 14.5 Å². The Morgan fingerprint density at radius 2 is 1.90 bits per heavy atom. The number of ether oxygens (including phenoxy) is 1. The second kappa shape index (κ2) is 8.51. The van der Waals surface area contributed by atoms with Crippen molar-refractivity contribution in [3.05, 3.63) is 88.0 Å². The van der Waals surface area contributed by atoms with Crippen molar-refractivity contribution >= 4 is 44.3 Å². The number of amides is 1. The van der Waals surface area contributed by atoms with E-state index in [0.717, 1.165) is 21.2 Å². The fourth-order valence-corrected chi connectivity index (χ4v) is 3.23. The van der Waals surface area contributed by atoms with Gasteiger partial charge in [-0.05, 0) is 67.1 Å². The van der Waals surface area contributed by atoms with Gasteiger partial charge in [-0.15, -0.1) is 0 Å². The molecule has 0 aliphatic rings. The van der Waals surface area contributed by atoms with Crippen molar-refractivity contribution < 1.29 is 13.9 Å². The zero-order valence-electron chi connectivity index (χ0n) is 16.3. The molecule has 0 bridgehead atoms. The van der Waals surface area contributed by atoms with Crippen LogP contribution in [0.2, 0.25) is 0 Å². The molecule has 0 saturated heterocycles. The Balaban J connectivity index is 1.82. The van der Waals surface area contributed by atoms with Gasteiger partial charge in [-0.2, -0.15) is 0 Å². The third-order valence-corrected chi connectivity index (χ3v) is 4.90. The van der Waals surface area contributed by atoms with Gasteiger partial charge in [0.1, 0.15) is 22.7 Å². The Morgan fingerprint density at radius 1 is 1.10 bits per heavy atom. The number of nitrogens with zero attached hydrogens (tertiary/aromatic N) is 2. The predicted octanol–water partition coefficient (Wildman–Crippen LogP) is 5.39. The molecule has 0 spiro atoms. The molecule has 2 aromatic carbocycles. The second-order valence-corrected chi connectivity index (χ2v) is 7.55. The van der Waals surface area contributed by atoms with Crippen LogP contribution in [0.1, 0.15) is 15.9 Å².